The van der Waals surface area contributed by atoms with E-state index in [1.165, 1.54) is 24.0 Å². The van der Waals surface area contributed by atoms with Gasteiger partial charge in [0.25, 0.3) is 0 Å². The Kier molecular flexibility index (Phi) is 6.58. The van der Waals surface area contributed by atoms with Crippen molar-refractivity contribution >= 4 is 11.7 Å². The number of nitrogens with one attached hydrogen (secondary N) is 1. The van der Waals surface area contributed by atoms with Gasteiger partial charge in [-0.3, -0.25) is 9.59 Å². The third-order valence-electron chi connectivity index (χ3n) is 4.83. The van der Waals surface area contributed by atoms with E-state index in [2.05, 4.69) is 16.4 Å². The monoisotopic (exact) mass is 366 g/mol. The maximum atomic E-state index is 12.4. The molecule has 1 aliphatic carbocycles. The van der Waals surface area contributed by atoms with Crippen molar-refractivity contribution in [3.05, 3.63) is 58.8 Å². The van der Waals surface area contributed by atoms with Crippen molar-refractivity contribution in [1.82, 2.24) is 10.3 Å². The van der Waals surface area contributed by atoms with Crippen LogP contribution in [-0.4, -0.2) is 23.3 Å². The van der Waals surface area contributed by atoms with Gasteiger partial charge in [0.05, 0.1) is 6.61 Å². The zero-order chi connectivity index (χ0) is 19.1. The molecule has 2 aromatic rings. The fourth-order valence-electron chi connectivity index (χ4n) is 3.35. The molecular formula is C22H26N2O3. The lowest BCUT2D eigenvalue weighted by Gasteiger charge is -2.16. The maximum absolute atomic E-state index is 12.4. The quantitative estimate of drug-likeness (QED) is 0.724. The van der Waals surface area contributed by atoms with Crippen molar-refractivity contribution in [3.63, 3.8) is 0 Å². The highest BCUT2D eigenvalue weighted by Crippen LogP contribution is 2.23. The van der Waals surface area contributed by atoms with Gasteiger partial charge < -0.3 is 10.1 Å². The van der Waals surface area contributed by atoms with E-state index in [9.17, 15) is 9.59 Å². The molecular weight excluding hydrogens is 340 g/mol. The Balaban J connectivity index is 1.47. The van der Waals surface area contributed by atoms with Crippen LogP contribution in [0, 0.1) is 0 Å². The molecule has 1 heterocycles. The summed E-state index contributed by atoms with van der Waals surface area (Å²) in [4.78, 5) is 28.6. The number of rotatable bonds is 8. The van der Waals surface area contributed by atoms with E-state index in [0.29, 0.717) is 19.0 Å². The summed E-state index contributed by atoms with van der Waals surface area (Å²) < 4.78 is 5.35. The lowest BCUT2D eigenvalue weighted by atomic mass is 9.89. The van der Waals surface area contributed by atoms with Gasteiger partial charge in [0.1, 0.15) is 0 Å². The summed E-state index contributed by atoms with van der Waals surface area (Å²) in [7, 11) is 0. The number of hydrogen-bond donors (Lipinski definition) is 1. The SMILES string of the molecule is CCOc1cc(CNC(=O)CCC(=O)c2ccc3c(c2)CCCC3)ccn1. The molecule has 0 bridgehead atoms. The molecule has 0 unspecified atom stereocenters. The molecule has 5 heteroatoms. The highest BCUT2D eigenvalue weighted by Gasteiger charge is 2.14. The van der Waals surface area contributed by atoms with Crippen LogP contribution in [0.5, 0.6) is 5.88 Å². The molecule has 0 atom stereocenters. The fourth-order valence-corrected chi connectivity index (χ4v) is 3.35. The Morgan fingerprint density at radius 1 is 1.07 bits per heavy atom. The van der Waals surface area contributed by atoms with Crippen molar-refractivity contribution in [2.75, 3.05) is 6.61 Å². The number of fused-ring (bicyclic) bond motifs is 1. The number of aryl methyl sites for hydroxylation is 2. The first-order valence-corrected chi connectivity index (χ1v) is 9.65. The molecule has 0 fully saturated rings. The van der Waals surface area contributed by atoms with E-state index in [4.69, 9.17) is 4.74 Å². The number of ketones is 1. The normalized spacial score (nSPS) is 12.9. The Hall–Kier alpha value is -2.69. The van der Waals surface area contributed by atoms with Crippen LogP contribution in [0.1, 0.15) is 59.7 Å². The van der Waals surface area contributed by atoms with E-state index < -0.39 is 0 Å². The number of Topliss-reactive ketones (excluding diaryl/α,β-unsaturated/α-hetero) is 1. The Morgan fingerprint density at radius 2 is 1.89 bits per heavy atom. The Labute approximate surface area is 160 Å². The van der Waals surface area contributed by atoms with Gasteiger partial charge in [-0.05, 0) is 61.4 Å². The number of aromatic nitrogens is 1. The van der Waals surface area contributed by atoms with Crippen LogP contribution in [-0.2, 0) is 24.2 Å². The van der Waals surface area contributed by atoms with Gasteiger partial charge in [-0.15, -0.1) is 0 Å². The largest absolute Gasteiger partial charge is 0.478 e. The summed E-state index contributed by atoms with van der Waals surface area (Å²) in [6, 6.07) is 9.63. The molecule has 0 saturated heterocycles. The number of amides is 1. The molecule has 0 spiro atoms. The van der Waals surface area contributed by atoms with Gasteiger partial charge in [-0.25, -0.2) is 4.98 Å². The zero-order valence-electron chi connectivity index (χ0n) is 15.8. The standard InChI is InChI=1S/C22H26N2O3/c1-2-27-22-13-16(11-12-23-22)15-24-21(26)10-9-20(25)19-8-7-17-5-3-4-6-18(17)14-19/h7-8,11-14H,2-6,9-10,15H2,1H3,(H,24,26). The minimum absolute atomic E-state index is 0.0288. The average Bonchev–Trinajstić information content (AvgIpc) is 2.70. The number of hydrogen-bond acceptors (Lipinski definition) is 4. The number of benzene rings is 1. The van der Waals surface area contributed by atoms with Crippen molar-refractivity contribution in [2.24, 2.45) is 0 Å². The Morgan fingerprint density at radius 3 is 2.70 bits per heavy atom. The number of ether oxygens (including phenoxy) is 1. The number of carbonyl (C=O) groups is 2. The second-order valence-electron chi connectivity index (χ2n) is 6.83. The fraction of sp³-hybridized carbons (Fsp3) is 0.409. The van der Waals surface area contributed by atoms with Gasteiger partial charge in [0, 0.05) is 37.2 Å². The van der Waals surface area contributed by atoms with Crippen LogP contribution in [0.2, 0.25) is 0 Å². The predicted molar refractivity (Wildman–Crippen MR) is 104 cm³/mol. The van der Waals surface area contributed by atoms with E-state index >= 15 is 0 Å². The predicted octanol–water partition coefficient (Wildman–Crippen LogP) is 3.64. The zero-order valence-corrected chi connectivity index (χ0v) is 15.8. The van der Waals surface area contributed by atoms with E-state index in [1.807, 2.05) is 31.2 Å². The Bertz CT molecular complexity index is 817. The van der Waals surface area contributed by atoms with Crippen LogP contribution in [0.15, 0.2) is 36.5 Å². The van der Waals surface area contributed by atoms with Gasteiger partial charge in [-0.2, -0.15) is 0 Å². The molecule has 3 rings (SSSR count). The molecule has 1 N–H and O–H groups in total. The molecule has 0 radical (unpaired) electrons. The lowest BCUT2D eigenvalue weighted by Crippen LogP contribution is -2.23. The minimum atomic E-state index is -0.129. The minimum Gasteiger partial charge on any atom is -0.478 e. The smallest absolute Gasteiger partial charge is 0.220 e. The summed E-state index contributed by atoms with van der Waals surface area (Å²) in [5.41, 5.74) is 4.29. The van der Waals surface area contributed by atoms with Gasteiger partial charge in [-0.1, -0.05) is 12.1 Å². The average molecular weight is 366 g/mol. The van der Waals surface area contributed by atoms with Gasteiger partial charge in [0.15, 0.2) is 5.78 Å². The second-order valence-corrected chi connectivity index (χ2v) is 6.83. The molecule has 0 aliphatic heterocycles. The second kappa shape index (κ2) is 9.31. The molecule has 142 valence electrons. The van der Waals surface area contributed by atoms with Crippen LogP contribution in [0.25, 0.3) is 0 Å². The lowest BCUT2D eigenvalue weighted by molar-refractivity contribution is -0.121. The van der Waals surface area contributed by atoms with Crippen molar-refractivity contribution in [3.8, 4) is 5.88 Å². The van der Waals surface area contributed by atoms with Crippen LogP contribution in [0.4, 0.5) is 0 Å². The van der Waals surface area contributed by atoms with Crippen LogP contribution < -0.4 is 10.1 Å². The third kappa shape index (κ3) is 5.39. The van der Waals surface area contributed by atoms with E-state index in [-0.39, 0.29) is 24.5 Å². The molecule has 1 aromatic heterocycles. The summed E-state index contributed by atoms with van der Waals surface area (Å²) in [5.74, 6) is 0.448. The maximum Gasteiger partial charge on any atom is 0.220 e. The highest BCUT2D eigenvalue weighted by molar-refractivity contribution is 5.98. The molecule has 27 heavy (non-hydrogen) atoms. The van der Waals surface area contributed by atoms with Gasteiger partial charge >= 0.3 is 0 Å². The van der Waals surface area contributed by atoms with Crippen LogP contribution >= 0.6 is 0 Å². The number of carbonyl (C=O) groups excluding carboxylic acids is 2. The number of nitrogens with zero attached hydrogens (tertiary/aromatic N) is 1. The summed E-state index contributed by atoms with van der Waals surface area (Å²) >= 11 is 0. The first-order valence-electron chi connectivity index (χ1n) is 9.65. The molecule has 1 aliphatic rings. The first-order chi connectivity index (χ1) is 13.2. The van der Waals surface area contributed by atoms with Crippen molar-refractivity contribution < 1.29 is 14.3 Å². The molecule has 0 saturated carbocycles. The van der Waals surface area contributed by atoms with E-state index in [1.54, 1.807) is 6.20 Å². The van der Waals surface area contributed by atoms with Crippen molar-refractivity contribution in [1.29, 1.82) is 0 Å². The highest BCUT2D eigenvalue weighted by atomic mass is 16.5. The topological polar surface area (TPSA) is 68.3 Å². The molecule has 1 aromatic carbocycles. The van der Waals surface area contributed by atoms with Crippen molar-refractivity contribution in [2.45, 2.75) is 52.0 Å². The van der Waals surface area contributed by atoms with Gasteiger partial charge in [0.2, 0.25) is 11.8 Å². The number of pyridine rings is 1. The molecule has 1 amide bonds. The molecule has 5 nitrogen and oxygen atoms in total. The summed E-state index contributed by atoms with van der Waals surface area (Å²) in [6.07, 6.45) is 6.65. The summed E-state index contributed by atoms with van der Waals surface area (Å²) in [5, 5.41) is 2.85. The van der Waals surface area contributed by atoms with Crippen LogP contribution in [0.3, 0.4) is 0 Å². The first kappa shape index (κ1) is 19.1. The van der Waals surface area contributed by atoms with E-state index in [0.717, 1.165) is 24.0 Å². The third-order valence-corrected chi connectivity index (χ3v) is 4.83. The summed E-state index contributed by atoms with van der Waals surface area (Å²) in [6.45, 7) is 2.85.